The SMILES string of the molecule is Cc1cc(N2CCC(CCN[SH](=O)=O)CC2)ncn1. The first-order valence-electron chi connectivity index (χ1n) is 6.56. The molecule has 0 atom stereocenters. The number of nitrogens with one attached hydrogen (secondary N) is 1. The zero-order valence-corrected chi connectivity index (χ0v) is 12.0. The number of aryl methyl sites for hydroxylation is 1. The summed E-state index contributed by atoms with van der Waals surface area (Å²) in [6.45, 7) is 4.47. The summed E-state index contributed by atoms with van der Waals surface area (Å²) in [5.41, 5.74) is 0.982. The average Bonchev–Trinajstić information content (AvgIpc) is 2.39. The molecule has 0 unspecified atom stereocenters. The quantitative estimate of drug-likeness (QED) is 0.771. The van der Waals surface area contributed by atoms with E-state index in [-0.39, 0.29) is 0 Å². The van der Waals surface area contributed by atoms with Gasteiger partial charge in [0, 0.05) is 31.4 Å². The van der Waals surface area contributed by atoms with Gasteiger partial charge < -0.3 is 4.90 Å². The fourth-order valence-corrected chi connectivity index (χ4v) is 2.74. The van der Waals surface area contributed by atoms with Crippen LogP contribution < -0.4 is 9.62 Å². The Labute approximate surface area is 115 Å². The minimum atomic E-state index is -2.45. The van der Waals surface area contributed by atoms with E-state index in [1.165, 1.54) is 0 Å². The van der Waals surface area contributed by atoms with Gasteiger partial charge in [-0.1, -0.05) is 0 Å². The van der Waals surface area contributed by atoms with E-state index in [1.807, 2.05) is 13.0 Å². The number of hydrogen-bond acceptors (Lipinski definition) is 5. The van der Waals surface area contributed by atoms with Crippen molar-refractivity contribution in [3.8, 4) is 0 Å². The number of nitrogens with zero attached hydrogens (tertiary/aromatic N) is 3. The van der Waals surface area contributed by atoms with Gasteiger partial charge in [0.2, 0.25) is 10.9 Å². The second kappa shape index (κ2) is 6.81. The lowest BCUT2D eigenvalue weighted by atomic mass is 9.94. The molecule has 6 nitrogen and oxygen atoms in total. The van der Waals surface area contributed by atoms with Gasteiger partial charge in [-0.05, 0) is 32.1 Å². The van der Waals surface area contributed by atoms with Gasteiger partial charge in [-0.15, -0.1) is 0 Å². The molecule has 1 saturated heterocycles. The highest BCUT2D eigenvalue weighted by Crippen LogP contribution is 2.23. The van der Waals surface area contributed by atoms with Gasteiger partial charge in [0.1, 0.15) is 12.1 Å². The monoisotopic (exact) mass is 284 g/mol. The molecule has 1 aromatic rings. The van der Waals surface area contributed by atoms with Gasteiger partial charge in [0.15, 0.2) is 0 Å². The Kier molecular flexibility index (Phi) is 5.09. The smallest absolute Gasteiger partial charge is 0.201 e. The zero-order valence-electron chi connectivity index (χ0n) is 11.1. The first-order valence-corrected chi connectivity index (χ1v) is 7.74. The zero-order chi connectivity index (χ0) is 13.7. The second-order valence-electron chi connectivity index (χ2n) is 4.90. The molecule has 0 bridgehead atoms. The molecule has 0 amide bonds. The molecule has 1 aliphatic rings. The lowest BCUT2D eigenvalue weighted by molar-refractivity contribution is 0.381. The van der Waals surface area contributed by atoms with Crippen molar-refractivity contribution < 1.29 is 8.42 Å². The molecule has 0 aliphatic carbocycles. The summed E-state index contributed by atoms with van der Waals surface area (Å²) in [6, 6.07) is 2.00. The van der Waals surface area contributed by atoms with E-state index in [2.05, 4.69) is 19.6 Å². The fourth-order valence-electron chi connectivity index (χ4n) is 2.42. The van der Waals surface area contributed by atoms with E-state index >= 15 is 0 Å². The predicted octanol–water partition coefficient (Wildman–Crippen LogP) is 0.508. The summed E-state index contributed by atoms with van der Waals surface area (Å²) in [7, 11) is -2.45. The van der Waals surface area contributed by atoms with Gasteiger partial charge in [-0.2, -0.15) is 0 Å². The Bertz CT molecular complexity index is 476. The van der Waals surface area contributed by atoms with Crippen molar-refractivity contribution in [2.24, 2.45) is 5.92 Å². The Morgan fingerprint density at radius 1 is 1.37 bits per heavy atom. The molecule has 1 fully saturated rings. The van der Waals surface area contributed by atoms with Crippen molar-refractivity contribution in [1.82, 2.24) is 14.7 Å². The lowest BCUT2D eigenvalue weighted by Crippen LogP contribution is -2.35. The Hall–Kier alpha value is -1.21. The third-order valence-corrected chi connectivity index (χ3v) is 4.00. The minimum Gasteiger partial charge on any atom is -0.356 e. The topological polar surface area (TPSA) is 75.2 Å². The molecule has 19 heavy (non-hydrogen) atoms. The highest BCUT2D eigenvalue weighted by molar-refractivity contribution is 7.70. The molecular weight excluding hydrogens is 264 g/mol. The number of anilines is 1. The molecule has 2 rings (SSSR count). The standard InChI is InChI=1S/C12H20N4O2S/c1-10-8-12(14-9-13-10)16-6-3-11(4-7-16)2-5-15-19(17)18/h8-9,11,19H,2-7H2,1H3,(H,15,17,18). The molecule has 106 valence electrons. The third kappa shape index (κ3) is 4.43. The number of aromatic nitrogens is 2. The molecule has 1 aliphatic heterocycles. The van der Waals surface area contributed by atoms with Crippen LogP contribution >= 0.6 is 0 Å². The molecular formula is C12H20N4O2S. The van der Waals surface area contributed by atoms with Crippen LogP contribution in [-0.4, -0.2) is 38.0 Å². The molecule has 2 heterocycles. The van der Waals surface area contributed by atoms with Crippen LogP contribution in [-0.2, 0) is 10.9 Å². The summed E-state index contributed by atoms with van der Waals surface area (Å²) >= 11 is 0. The molecule has 0 radical (unpaired) electrons. The van der Waals surface area contributed by atoms with Crippen LogP contribution in [0.25, 0.3) is 0 Å². The Morgan fingerprint density at radius 3 is 2.74 bits per heavy atom. The van der Waals surface area contributed by atoms with Crippen LogP contribution in [0, 0.1) is 12.8 Å². The Balaban J connectivity index is 1.79. The van der Waals surface area contributed by atoms with Gasteiger partial charge >= 0.3 is 0 Å². The molecule has 0 aromatic carbocycles. The predicted molar refractivity (Wildman–Crippen MR) is 74.6 cm³/mol. The summed E-state index contributed by atoms with van der Waals surface area (Å²) in [6.07, 6.45) is 4.69. The van der Waals surface area contributed by atoms with Crippen LogP contribution in [0.1, 0.15) is 25.0 Å². The van der Waals surface area contributed by atoms with E-state index in [1.54, 1.807) is 6.33 Å². The molecule has 1 aromatic heterocycles. The summed E-state index contributed by atoms with van der Waals surface area (Å²) < 4.78 is 23.3. The van der Waals surface area contributed by atoms with Crippen LogP contribution in [0.4, 0.5) is 5.82 Å². The first-order chi connectivity index (χ1) is 9.15. The molecule has 7 heteroatoms. The minimum absolute atomic E-state index is 0.552. The van der Waals surface area contributed by atoms with Crippen LogP contribution in [0.2, 0.25) is 0 Å². The lowest BCUT2D eigenvalue weighted by Gasteiger charge is -2.32. The second-order valence-corrected chi connectivity index (χ2v) is 5.73. The van der Waals surface area contributed by atoms with E-state index in [0.29, 0.717) is 12.5 Å². The molecule has 0 saturated carbocycles. The normalized spacial score (nSPS) is 17.1. The summed E-state index contributed by atoms with van der Waals surface area (Å²) in [5, 5.41) is 0. The van der Waals surface area contributed by atoms with Crippen molar-refractivity contribution in [3.05, 3.63) is 18.1 Å². The average molecular weight is 284 g/mol. The van der Waals surface area contributed by atoms with Crippen LogP contribution in [0.15, 0.2) is 12.4 Å². The van der Waals surface area contributed by atoms with Crippen LogP contribution in [0.5, 0.6) is 0 Å². The van der Waals surface area contributed by atoms with E-state index in [9.17, 15) is 8.42 Å². The molecule has 1 N–H and O–H groups in total. The number of thiol groups is 1. The number of rotatable bonds is 5. The Morgan fingerprint density at radius 2 is 2.11 bits per heavy atom. The highest BCUT2D eigenvalue weighted by Gasteiger charge is 2.19. The highest BCUT2D eigenvalue weighted by atomic mass is 32.2. The maximum atomic E-state index is 10.4. The maximum absolute atomic E-state index is 10.4. The van der Waals surface area contributed by atoms with E-state index in [4.69, 9.17) is 0 Å². The fraction of sp³-hybridized carbons (Fsp3) is 0.667. The van der Waals surface area contributed by atoms with Crippen molar-refractivity contribution in [1.29, 1.82) is 0 Å². The summed E-state index contributed by atoms with van der Waals surface area (Å²) in [5.74, 6) is 1.59. The van der Waals surface area contributed by atoms with E-state index < -0.39 is 10.9 Å². The number of piperidine rings is 1. The third-order valence-electron chi connectivity index (χ3n) is 3.52. The van der Waals surface area contributed by atoms with Gasteiger partial charge in [-0.3, -0.25) is 0 Å². The van der Waals surface area contributed by atoms with Crippen LogP contribution in [0.3, 0.4) is 0 Å². The van der Waals surface area contributed by atoms with Crippen molar-refractivity contribution in [2.75, 3.05) is 24.5 Å². The maximum Gasteiger partial charge on any atom is 0.201 e. The van der Waals surface area contributed by atoms with Gasteiger partial charge in [-0.25, -0.2) is 23.1 Å². The van der Waals surface area contributed by atoms with Crippen molar-refractivity contribution >= 4 is 16.7 Å². The van der Waals surface area contributed by atoms with Gasteiger partial charge in [0.05, 0.1) is 0 Å². The van der Waals surface area contributed by atoms with E-state index in [0.717, 1.165) is 43.9 Å². The van der Waals surface area contributed by atoms with Gasteiger partial charge in [0.25, 0.3) is 0 Å². The number of hydrogen-bond donors (Lipinski definition) is 2. The van der Waals surface area contributed by atoms with Crippen molar-refractivity contribution in [2.45, 2.75) is 26.2 Å². The van der Waals surface area contributed by atoms with Crippen molar-refractivity contribution in [3.63, 3.8) is 0 Å². The molecule has 0 spiro atoms. The first kappa shape index (κ1) is 14.2. The summed E-state index contributed by atoms with van der Waals surface area (Å²) in [4.78, 5) is 10.7. The largest absolute Gasteiger partial charge is 0.356 e.